The predicted molar refractivity (Wildman–Crippen MR) is 111 cm³/mol. The smallest absolute Gasteiger partial charge is 0.231 e. The number of carbonyl (C=O) groups is 1. The molecule has 0 fully saturated rings. The van der Waals surface area contributed by atoms with E-state index in [1.54, 1.807) is 12.1 Å². The summed E-state index contributed by atoms with van der Waals surface area (Å²) in [6.45, 7) is 4.31. The molecule has 28 heavy (non-hydrogen) atoms. The summed E-state index contributed by atoms with van der Waals surface area (Å²) in [5.41, 5.74) is 4.44. The summed E-state index contributed by atoms with van der Waals surface area (Å²) in [7, 11) is 0. The van der Waals surface area contributed by atoms with Crippen molar-refractivity contribution in [3.8, 4) is 11.5 Å². The third-order valence-electron chi connectivity index (χ3n) is 4.70. The monoisotopic (exact) mass is 390 g/mol. The van der Waals surface area contributed by atoms with Crippen molar-refractivity contribution in [1.29, 1.82) is 0 Å². The van der Waals surface area contributed by atoms with Crippen molar-refractivity contribution in [2.45, 2.75) is 20.5 Å². The zero-order valence-electron chi connectivity index (χ0n) is 15.7. The number of hydrogen-bond donors (Lipinski definition) is 0. The number of halogens is 1. The van der Waals surface area contributed by atoms with E-state index in [9.17, 15) is 4.79 Å². The number of benzene rings is 3. The van der Waals surface area contributed by atoms with Crippen LogP contribution in [0.5, 0.6) is 11.5 Å². The van der Waals surface area contributed by atoms with Crippen molar-refractivity contribution in [3.05, 3.63) is 99.3 Å². The molecule has 0 atom stereocenters. The van der Waals surface area contributed by atoms with Gasteiger partial charge in [-0.1, -0.05) is 53.6 Å². The molecule has 1 aliphatic heterocycles. The standard InChI is InChI=1S/C24H19ClO3/c1-15-6-8-17(9-7-15)13-22-23(26)20-10-11-21(16(2)24(20)28-22)27-14-18-4-3-5-19(25)12-18/h3-13H,14H2,1-2H3/b22-13-. The highest BCUT2D eigenvalue weighted by Crippen LogP contribution is 2.39. The van der Waals surface area contributed by atoms with Crippen LogP contribution >= 0.6 is 11.6 Å². The van der Waals surface area contributed by atoms with Crippen LogP contribution in [0.15, 0.2) is 66.4 Å². The van der Waals surface area contributed by atoms with E-state index in [4.69, 9.17) is 21.1 Å². The molecule has 0 spiro atoms. The Bertz CT molecular complexity index is 1080. The second kappa shape index (κ2) is 7.53. The van der Waals surface area contributed by atoms with Gasteiger partial charge in [-0.2, -0.15) is 0 Å². The Hall–Kier alpha value is -3.04. The molecule has 0 saturated heterocycles. The van der Waals surface area contributed by atoms with E-state index in [2.05, 4.69) is 0 Å². The van der Waals surface area contributed by atoms with Gasteiger partial charge in [0.15, 0.2) is 5.76 Å². The average Bonchev–Trinajstić information content (AvgIpc) is 3.00. The van der Waals surface area contributed by atoms with Crippen LogP contribution in [0, 0.1) is 13.8 Å². The van der Waals surface area contributed by atoms with Crippen LogP contribution in [0.25, 0.3) is 6.08 Å². The van der Waals surface area contributed by atoms with Crippen molar-refractivity contribution in [3.63, 3.8) is 0 Å². The van der Waals surface area contributed by atoms with Gasteiger partial charge in [0.2, 0.25) is 5.78 Å². The lowest BCUT2D eigenvalue weighted by Crippen LogP contribution is -1.98. The maximum atomic E-state index is 12.7. The molecule has 3 aromatic carbocycles. The first-order valence-electron chi connectivity index (χ1n) is 9.03. The molecule has 4 rings (SSSR count). The highest BCUT2D eigenvalue weighted by Gasteiger charge is 2.30. The highest BCUT2D eigenvalue weighted by molar-refractivity contribution is 6.30. The molecule has 3 aromatic rings. The fourth-order valence-electron chi connectivity index (χ4n) is 3.13. The molecular weight excluding hydrogens is 372 g/mol. The second-order valence-corrected chi connectivity index (χ2v) is 7.27. The van der Waals surface area contributed by atoms with Crippen LogP contribution < -0.4 is 9.47 Å². The van der Waals surface area contributed by atoms with Gasteiger partial charge in [0, 0.05) is 10.6 Å². The Morgan fingerprint density at radius 1 is 1.04 bits per heavy atom. The zero-order valence-corrected chi connectivity index (χ0v) is 16.4. The van der Waals surface area contributed by atoms with Crippen molar-refractivity contribution in [1.82, 2.24) is 0 Å². The molecular formula is C24H19ClO3. The number of fused-ring (bicyclic) bond motifs is 1. The molecule has 0 amide bonds. The molecule has 3 nitrogen and oxygen atoms in total. The number of rotatable bonds is 4. The Morgan fingerprint density at radius 2 is 1.82 bits per heavy atom. The molecule has 0 aromatic heterocycles. The van der Waals surface area contributed by atoms with Gasteiger partial charge in [-0.3, -0.25) is 4.79 Å². The normalized spacial score (nSPS) is 14.1. The summed E-state index contributed by atoms with van der Waals surface area (Å²) < 4.78 is 11.8. The third-order valence-corrected chi connectivity index (χ3v) is 4.93. The van der Waals surface area contributed by atoms with E-state index in [1.807, 2.05) is 68.4 Å². The molecule has 140 valence electrons. The minimum absolute atomic E-state index is 0.111. The number of hydrogen-bond acceptors (Lipinski definition) is 3. The van der Waals surface area contributed by atoms with Gasteiger partial charge in [0.05, 0.1) is 5.56 Å². The molecule has 0 bridgehead atoms. The van der Waals surface area contributed by atoms with Crippen molar-refractivity contribution in [2.24, 2.45) is 0 Å². The summed E-state index contributed by atoms with van der Waals surface area (Å²) in [6, 6.07) is 19.1. The van der Waals surface area contributed by atoms with E-state index >= 15 is 0 Å². The van der Waals surface area contributed by atoms with Gasteiger partial charge >= 0.3 is 0 Å². The molecule has 0 aliphatic carbocycles. The lowest BCUT2D eigenvalue weighted by atomic mass is 10.1. The van der Waals surface area contributed by atoms with Crippen LogP contribution in [0.3, 0.4) is 0 Å². The third kappa shape index (κ3) is 3.67. The average molecular weight is 391 g/mol. The van der Waals surface area contributed by atoms with Crippen molar-refractivity contribution in [2.75, 3.05) is 0 Å². The van der Waals surface area contributed by atoms with Gasteiger partial charge in [-0.05, 0) is 55.3 Å². The minimum Gasteiger partial charge on any atom is -0.488 e. The number of Topliss-reactive ketones (excluding diaryl/α,β-unsaturated/α-hetero) is 1. The lowest BCUT2D eigenvalue weighted by molar-refractivity contribution is 0.101. The summed E-state index contributed by atoms with van der Waals surface area (Å²) in [5, 5.41) is 0.673. The molecule has 0 radical (unpaired) electrons. The summed E-state index contributed by atoms with van der Waals surface area (Å²) in [4.78, 5) is 12.7. The van der Waals surface area contributed by atoms with Crippen molar-refractivity contribution < 1.29 is 14.3 Å². The van der Waals surface area contributed by atoms with Gasteiger partial charge < -0.3 is 9.47 Å². The topological polar surface area (TPSA) is 35.5 Å². The number of allylic oxidation sites excluding steroid dienone is 1. The van der Waals surface area contributed by atoms with Gasteiger partial charge in [0.25, 0.3) is 0 Å². The van der Waals surface area contributed by atoms with E-state index in [1.165, 1.54) is 5.56 Å². The molecule has 1 heterocycles. The van der Waals surface area contributed by atoms with Crippen LogP contribution in [0.2, 0.25) is 5.02 Å². The van der Waals surface area contributed by atoms with E-state index in [0.717, 1.165) is 16.7 Å². The number of ketones is 1. The number of ether oxygens (including phenoxy) is 2. The minimum atomic E-state index is -0.111. The molecule has 4 heteroatoms. The van der Waals surface area contributed by atoms with Gasteiger partial charge in [-0.25, -0.2) is 0 Å². The van der Waals surface area contributed by atoms with Crippen LogP contribution in [-0.2, 0) is 6.61 Å². The first-order chi connectivity index (χ1) is 13.5. The Balaban J connectivity index is 1.57. The Kier molecular flexibility index (Phi) is 4.93. The van der Waals surface area contributed by atoms with Gasteiger partial charge in [0.1, 0.15) is 18.1 Å². The van der Waals surface area contributed by atoms with Crippen LogP contribution in [-0.4, -0.2) is 5.78 Å². The second-order valence-electron chi connectivity index (χ2n) is 6.83. The van der Waals surface area contributed by atoms with E-state index in [-0.39, 0.29) is 5.78 Å². The first kappa shape index (κ1) is 18.3. The van der Waals surface area contributed by atoms with Crippen molar-refractivity contribution >= 4 is 23.5 Å². The summed E-state index contributed by atoms with van der Waals surface area (Å²) >= 11 is 6.02. The number of carbonyl (C=O) groups excluding carboxylic acids is 1. The zero-order chi connectivity index (χ0) is 19.7. The predicted octanol–water partition coefficient (Wildman–Crippen LogP) is 6.15. The van der Waals surface area contributed by atoms with Gasteiger partial charge in [-0.15, -0.1) is 0 Å². The lowest BCUT2D eigenvalue weighted by Gasteiger charge is -2.11. The molecule has 0 unspecified atom stereocenters. The fraction of sp³-hybridized carbons (Fsp3) is 0.125. The Morgan fingerprint density at radius 3 is 2.57 bits per heavy atom. The maximum absolute atomic E-state index is 12.7. The SMILES string of the molecule is Cc1ccc(/C=C2\Oc3c(ccc(OCc4cccc(Cl)c4)c3C)C2=O)cc1. The Labute approximate surface area is 169 Å². The first-order valence-corrected chi connectivity index (χ1v) is 9.41. The molecule has 1 aliphatic rings. The van der Waals surface area contributed by atoms with E-state index in [0.29, 0.717) is 34.5 Å². The largest absolute Gasteiger partial charge is 0.488 e. The summed E-state index contributed by atoms with van der Waals surface area (Å²) in [5.74, 6) is 1.46. The maximum Gasteiger partial charge on any atom is 0.231 e. The molecule has 0 saturated carbocycles. The number of aryl methyl sites for hydroxylation is 1. The summed E-state index contributed by atoms with van der Waals surface area (Å²) in [6.07, 6.45) is 1.77. The highest BCUT2D eigenvalue weighted by atomic mass is 35.5. The fourth-order valence-corrected chi connectivity index (χ4v) is 3.34. The van der Waals surface area contributed by atoms with Crippen LogP contribution in [0.1, 0.15) is 32.6 Å². The quantitative estimate of drug-likeness (QED) is 0.501. The molecule has 0 N–H and O–H groups in total. The van der Waals surface area contributed by atoms with E-state index < -0.39 is 0 Å². The van der Waals surface area contributed by atoms with Crippen LogP contribution in [0.4, 0.5) is 0 Å².